The first kappa shape index (κ1) is 16.6. The van der Waals surface area contributed by atoms with E-state index in [1.165, 1.54) is 19.3 Å². The molecule has 0 spiro atoms. The largest absolute Gasteiger partial charge is 0.339 e. The molecule has 25 heavy (non-hydrogen) atoms. The van der Waals surface area contributed by atoms with Crippen molar-refractivity contribution in [3.8, 4) is 0 Å². The third-order valence-corrected chi connectivity index (χ3v) is 6.01. The highest BCUT2D eigenvalue weighted by atomic mass is 79.9. The van der Waals surface area contributed by atoms with Gasteiger partial charge in [-0.2, -0.15) is 5.10 Å². The van der Waals surface area contributed by atoms with Gasteiger partial charge in [-0.15, -0.1) is 0 Å². The van der Waals surface area contributed by atoms with Crippen molar-refractivity contribution in [2.24, 2.45) is 0 Å². The molecule has 1 fully saturated rings. The van der Waals surface area contributed by atoms with Crippen molar-refractivity contribution in [3.63, 3.8) is 0 Å². The van der Waals surface area contributed by atoms with Crippen molar-refractivity contribution >= 4 is 33.1 Å². The van der Waals surface area contributed by atoms with Crippen molar-refractivity contribution in [3.05, 3.63) is 58.0 Å². The number of nitrogens with zero attached hydrogens (tertiary/aromatic N) is 2. The molecule has 130 valence electrons. The molecule has 2 aromatic rings. The number of halogens is 2. The molecule has 0 radical (unpaired) electrons. The second-order valence-electron chi connectivity index (χ2n) is 6.92. The van der Waals surface area contributed by atoms with Crippen LogP contribution in [0.1, 0.15) is 54.7 Å². The molecule has 1 saturated carbocycles. The van der Waals surface area contributed by atoms with Gasteiger partial charge in [-0.05, 0) is 59.3 Å². The van der Waals surface area contributed by atoms with Crippen LogP contribution in [0, 0.1) is 12.7 Å². The van der Waals surface area contributed by atoms with E-state index in [1.807, 2.05) is 25.1 Å². The first-order valence-corrected chi connectivity index (χ1v) is 9.57. The highest BCUT2D eigenvalue weighted by molar-refractivity contribution is 9.10. The second-order valence-corrected chi connectivity index (χ2v) is 7.67. The minimum atomic E-state index is -0.102. The minimum absolute atomic E-state index is 0.102. The summed E-state index contributed by atoms with van der Waals surface area (Å²) in [6.45, 7) is 6.05. The van der Waals surface area contributed by atoms with Crippen molar-refractivity contribution in [1.29, 1.82) is 0 Å². The maximum Gasteiger partial charge on any atom is 0.138 e. The molecule has 0 bridgehead atoms. The van der Waals surface area contributed by atoms with E-state index in [2.05, 4.69) is 32.9 Å². The molecule has 4 rings (SSSR count). The fourth-order valence-electron chi connectivity index (χ4n) is 3.81. The normalized spacial score (nSPS) is 17.9. The molecule has 0 atom stereocenters. The lowest BCUT2D eigenvalue weighted by Crippen LogP contribution is -2.13. The van der Waals surface area contributed by atoms with E-state index in [4.69, 9.17) is 0 Å². The molecule has 1 N–H and O–H groups in total. The van der Waals surface area contributed by atoms with Gasteiger partial charge in [0.15, 0.2) is 0 Å². The van der Waals surface area contributed by atoms with E-state index in [0.29, 0.717) is 5.92 Å². The Morgan fingerprint density at radius 1 is 1.28 bits per heavy atom. The molecule has 0 saturated heterocycles. The molecular weight excluding hydrogens is 381 g/mol. The number of aromatic nitrogens is 2. The summed E-state index contributed by atoms with van der Waals surface area (Å²) in [6.07, 6.45) is 7.78. The average molecular weight is 402 g/mol. The topological polar surface area (TPSA) is 29.9 Å². The number of benzene rings is 1. The number of hydrogen-bond donors (Lipinski definition) is 1. The van der Waals surface area contributed by atoms with E-state index in [9.17, 15) is 4.39 Å². The Kier molecular flexibility index (Phi) is 4.28. The molecule has 1 aliphatic carbocycles. The van der Waals surface area contributed by atoms with Gasteiger partial charge in [-0.1, -0.05) is 38.0 Å². The molecular formula is C20H21BrFN3. The third-order valence-electron chi connectivity index (χ3n) is 5.26. The summed E-state index contributed by atoms with van der Waals surface area (Å²) >= 11 is 3.45. The minimum Gasteiger partial charge on any atom is -0.339 e. The Bertz CT molecular complexity index is 875. The van der Waals surface area contributed by atoms with Crippen molar-refractivity contribution in [2.75, 3.05) is 5.32 Å². The quantitative estimate of drug-likeness (QED) is 0.660. The van der Waals surface area contributed by atoms with Crippen LogP contribution < -0.4 is 5.32 Å². The Balaban J connectivity index is 1.65. The van der Waals surface area contributed by atoms with E-state index >= 15 is 0 Å². The second kappa shape index (κ2) is 6.45. The first-order valence-electron chi connectivity index (χ1n) is 8.77. The zero-order valence-electron chi connectivity index (χ0n) is 14.3. The van der Waals surface area contributed by atoms with Gasteiger partial charge in [0.25, 0.3) is 0 Å². The molecule has 3 nitrogen and oxygen atoms in total. The number of rotatable bonds is 2. The van der Waals surface area contributed by atoms with Gasteiger partial charge in [0.05, 0.1) is 5.70 Å². The van der Waals surface area contributed by atoms with Crippen LogP contribution in [0.3, 0.4) is 0 Å². The summed E-state index contributed by atoms with van der Waals surface area (Å²) in [6, 6.07) is 5.61. The molecule has 2 heterocycles. The summed E-state index contributed by atoms with van der Waals surface area (Å²) in [5.74, 6) is 1.13. The predicted octanol–water partition coefficient (Wildman–Crippen LogP) is 6.08. The van der Waals surface area contributed by atoms with Crippen LogP contribution in [0.2, 0.25) is 0 Å². The molecule has 0 amide bonds. The predicted molar refractivity (Wildman–Crippen MR) is 104 cm³/mol. The highest BCUT2D eigenvalue weighted by Gasteiger charge is 2.22. The standard InChI is InChI=1S/C20H21BrFN3/c1-12-10-18(23-20-13(2)19(21)24-25(12)20)15-8-9-16(17(22)11-15)14-6-4-3-5-7-14/h8-11,14,23H,1,3-7H2,2H3. The van der Waals surface area contributed by atoms with Gasteiger partial charge in [-0.3, -0.25) is 0 Å². The summed E-state index contributed by atoms with van der Waals surface area (Å²) in [5.41, 5.74) is 4.31. The van der Waals surface area contributed by atoms with Crippen molar-refractivity contribution < 1.29 is 4.39 Å². The Morgan fingerprint density at radius 2 is 2.04 bits per heavy atom. The maximum atomic E-state index is 14.8. The Morgan fingerprint density at radius 3 is 2.76 bits per heavy atom. The number of anilines is 1. The van der Waals surface area contributed by atoms with Gasteiger partial charge in [0.1, 0.15) is 16.2 Å². The fourth-order valence-corrected chi connectivity index (χ4v) is 4.16. The zero-order valence-corrected chi connectivity index (χ0v) is 15.9. The molecule has 2 aliphatic rings. The Labute approximate surface area is 155 Å². The lowest BCUT2D eigenvalue weighted by atomic mass is 9.83. The van der Waals surface area contributed by atoms with Crippen LogP contribution in [-0.4, -0.2) is 9.78 Å². The molecule has 5 heteroatoms. The molecule has 0 unspecified atom stereocenters. The van der Waals surface area contributed by atoms with E-state index in [1.54, 1.807) is 10.7 Å². The average Bonchev–Trinajstić information content (AvgIpc) is 2.91. The van der Waals surface area contributed by atoms with E-state index in [0.717, 1.165) is 51.3 Å². The SMILES string of the molecule is C=C1C=C(c2ccc(C3CCCCC3)c(F)c2)Nc2c(C)c(Br)nn21. The van der Waals surface area contributed by atoms with Gasteiger partial charge in [0.2, 0.25) is 0 Å². The molecule has 1 aromatic carbocycles. The third kappa shape index (κ3) is 2.95. The summed E-state index contributed by atoms with van der Waals surface area (Å²) in [5, 5.41) is 7.77. The van der Waals surface area contributed by atoms with E-state index < -0.39 is 0 Å². The number of nitrogens with one attached hydrogen (secondary N) is 1. The number of fused-ring (bicyclic) bond motifs is 1. The van der Waals surface area contributed by atoms with Crippen LogP contribution in [0.25, 0.3) is 11.4 Å². The first-order chi connectivity index (χ1) is 12.0. The van der Waals surface area contributed by atoms with Crippen LogP contribution >= 0.6 is 15.9 Å². The maximum absolute atomic E-state index is 14.8. The lowest BCUT2D eigenvalue weighted by Gasteiger charge is -2.24. The summed E-state index contributed by atoms with van der Waals surface area (Å²) in [4.78, 5) is 0. The Hall–Kier alpha value is -1.88. The zero-order chi connectivity index (χ0) is 17.6. The van der Waals surface area contributed by atoms with Gasteiger partial charge >= 0.3 is 0 Å². The number of hydrogen-bond acceptors (Lipinski definition) is 2. The van der Waals surface area contributed by atoms with Crippen LogP contribution in [0.4, 0.5) is 10.2 Å². The van der Waals surface area contributed by atoms with Crippen LogP contribution in [0.5, 0.6) is 0 Å². The lowest BCUT2D eigenvalue weighted by molar-refractivity contribution is 0.429. The highest BCUT2D eigenvalue weighted by Crippen LogP contribution is 2.37. The van der Waals surface area contributed by atoms with Crippen molar-refractivity contribution in [1.82, 2.24) is 9.78 Å². The smallest absolute Gasteiger partial charge is 0.138 e. The fraction of sp³-hybridized carbons (Fsp3) is 0.350. The monoisotopic (exact) mass is 401 g/mol. The van der Waals surface area contributed by atoms with Gasteiger partial charge in [-0.25, -0.2) is 9.07 Å². The summed E-state index contributed by atoms with van der Waals surface area (Å²) < 4.78 is 17.3. The molecule has 1 aromatic heterocycles. The van der Waals surface area contributed by atoms with Gasteiger partial charge < -0.3 is 5.32 Å². The number of allylic oxidation sites excluding steroid dienone is 2. The summed E-state index contributed by atoms with van der Waals surface area (Å²) in [7, 11) is 0. The van der Waals surface area contributed by atoms with Gasteiger partial charge in [0, 0.05) is 16.8 Å². The van der Waals surface area contributed by atoms with Crippen LogP contribution in [0.15, 0.2) is 35.5 Å². The van der Waals surface area contributed by atoms with Crippen molar-refractivity contribution in [2.45, 2.75) is 44.9 Å². The van der Waals surface area contributed by atoms with E-state index in [-0.39, 0.29) is 5.82 Å². The van der Waals surface area contributed by atoms with Crippen LogP contribution in [-0.2, 0) is 0 Å². The molecule has 1 aliphatic heterocycles.